The highest BCUT2D eigenvalue weighted by Gasteiger charge is 2.26. The molecule has 1 fully saturated rings. The summed E-state index contributed by atoms with van der Waals surface area (Å²) in [6.45, 7) is 5.19. The van der Waals surface area contributed by atoms with Crippen molar-refractivity contribution in [2.45, 2.75) is 26.7 Å². The van der Waals surface area contributed by atoms with Crippen molar-refractivity contribution < 1.29 is 9.59 Å². The minimum atomic E-state index is -0.251. The number of nitrogens with two attached hydrogens (primary N) is 1. The lowest BCUT2D eigenvalue weighted by molar-refractivity contribution is -0.123. The zero-order valence-corrected chi connectivity index (χ0v) is 11.5. The Bertz CT molecular complexity index is 503. The maximum absolute atomic E-state index is 12.4. The molecule has 1 aliphatic heterocycles. The fraction of sp³-hybridized carbons (Fsp3) is 0.467. The molecule has 1 aromatic rings. The summed E-state index contributed by atoms with van der Waals surface area (Å²) in [7, 11) is 0. The Labute approximate surface area is 113 Å². The first-order valence-corrected chi connectivity index (χ1v) is 6.65. The Morgan fingerprint density at radius 2 is 1.84 bits per heavy atom. The number of carbonyl (C=O) groups excluding carboxylic acids is 2. The topological polar surface area (TPSA) is 63.4 Å². The third-order valence-electron chi connectivity index (χ3n) is 3.80. The summed E-state index contributed by atoms with van der Waals surface area (Å²) in [5.74, 6) is -0.276. The molecule has 4 heteroatoms. The van der Waals surface area contributed by atoms with Gasteiger partial charge in [0.05, 0.1) is 0 Å². The van der Waals surface area contributed by atoms with Crippen LogP contribution >= 0.6 is 0 Å². The minimum Gasteiger partial charge on any atom is -0.369 e. The average molecular weight is 260 g/mol. The minimum absolute atomic E-state index is 0.0559. The van der Waals surface area contributed by atoms with Crippen molar-refractivity contribution >= 4 is 11.8 Å². The molecule has 0 saturated carbocycles. The number of primary amides is 1. The molecule has 19 heavy (non-hydrogen) atoms. The number of hydrogen-bond acceptors (Lipinski definition) is 2. The van der Waals surface area contributed by atoms with Crippen LogP contribution in [0, 0.1) is 19.8 Å². The lowest BCUT2D eigenvalue weighted by Crippen LogP contribution is -2.41. The Morgan fingerprint density at radius 3 is 2.37 bits per heavy atom. The normalized spacial score (nSPS) is 16.4. The summed E-state index contributed by atoms with van der Waals surface area (Å²) in [5, 5.41) is 0. The van der Waals surface area contributed by atoms with Gasteiger partial charge in [-0.25, -0.2) is 0 Å². The number of aryl methyl sites for hydroxylation is 2. The van der Waals surface area contributed by atoms with E-state index < -0.39 is 0 Å². The molecule has 0 unspecified atom stereocenters. The van der Waals surface area contributed by atoms with E-state index in [9.17, 15) is 9.59 Å². The van der Waals surface area contributed by atoms with Crippen LogP contribution in [-0.4, -0.2) is 29.8 Å². The molecule has 1 heterocycles. The summed E-state index contributed by atoms with van der Waals surface area (Å²) < 4.78 is 0. The fourth-order valence-corrected chi connectivity index (χ4v) is 2.59. The van der Waals surface area contributed by atoms with Crippen LogP contribution in [0.25, 0.3) is 0 Å². The van der Waals surface area contributed by atoms with E-state index in [0.29, 0.717) is 25.9 Å². The highest BCUT2D eigenvalue weighted by Crippen LogP contribution is 2.20. The molecule has 1 saturated heterocycles. The third kappa shape index (κ3) is 2.95. The van der Waals surface area contributed by atoms with Crippen LogP contribution in [0.4, 0.5) is 0 Å². The lowest BCUT2D eigenvalue weighted by atomic mass is 9.95. The Hall–Kier alpha value is -1.84. The van der Waals surface area contributed by atoms with E-state index in [4.69, 9.17) is 5.73 Å². The lowest BCUT2D eigenvalue weighted by Gasteiger charge is -2.31. The molecule has 4 nitrogen and oxygen atoms in total. The van der Waals surface area contributed by atoms with Crippen LogP contribution in [-0.2, 0) is 4.79 Å². The second-order valence-corrected chi connectivity index (χ2v) is 5.29. The van der Waals surface area contributed by atoms with Gasteiger partial charge in [-0.1, -0.05) is 17.7 Å². The second-order valence-electron chi connectivity index (χ2n) is 5.29. The van der Waals surface area contributed by atoms with Crippen LogP contribution in [0.5, 0.6) is 0 Å². The van der Waals surface area contributed by atoms with E-state index in [1.54, 1.807) is 0 Å². The van der Waals surface area contributed by atoms with Crippen molar-refractivity contribution in [3.8, 4) is 0 Å². The number of amides is 2. The van der Waals surface area contributed by atoms with Crippen molar-refractivity contribution in [3.63, 3.8) is 0 Å². The fourth-order valence-electron chi connectivity index (χ4n) is 2.59. The molecule has 1 aromatic carbocycles. The van der Waals surface area contributed by atoms with Crippen LogP contribution in [0.15, 0.2) is 18.2 Å². The Kier molecular flexibility index (Phi) is 3.88. The van der Waals surface area contributed by atoms with Gasteiger partial charge >= 0.3 is 0 Å². The van der Waals surface area contributed by atoms with Gasteiger partial charge in [0, 0.05) is 24.6 Å². The Morgan fingerprint density at radius 1 is 1.21 bits per heavy atom. The molecule has 0 bridgehead atoms. The predicted octanol–water partition coefficient (Wildman–Crippen LogP) is 1.64. The molecular formula is C15H20N2O2. The molecule has 0 radical (unpaired) electrons. The summed E-state index contributed by atoms with van der Waals surface area (Å²) in [5.41, 5.74) is 8.21. The van der Waals surface area contributed by atoms with Gasteiger partial charge in [-0.15, -0.1) is 0 Å². The maximum Gasteiger partial charge on any atom is 0.254 e. The molecule has 1 aliphatic rings. The van der Waals surface area contributed by atoms with E-state index in [0.717, 1.165) is 16.7 Å². The number of hydrogen-bond donors (Lipinski definition) is 1. The zero-order valence-electron chi connectivity index (χ0n) is 11.5. The predicted molar refractivity (Wildman–Crippen MR) is 73.7 cm³/mol. The van der Waals surface area contributed by atoms with Gasteiger partial charge in [-0.2, -0.15) is 0 Å². The van der Waals surface area contributed by atoms with Crippen LogP contribution in [0.3, 0.4) is 0 Å². The van der Waals surface area contributed by atoms with E-state index in [-0.39, 0.29) is 17.7 Å². The third-order valence-corrected chi connectivity index (χ3v) is 3.80. The van der Waals surface area contributed by atoms with Crippen LogP contribution in [0.1, 0.15) is 34.3 Å². The maximum atomic E-state index is 12.4. The monoisotopic (exact) mass is 260 g/mol. The highest BCUT2D eigenvalue weighted by molar-refractivity contribution is 5.95. The first-order valence-electron chi connectivity index (χ1n) is 6.65. The molecule has 2 amide bonds. The van der Waals surface area contributed by atoms with E-state index in [1.165, 1.54) is 0 Å². The van der Waals surface area contributed by atoms with Gasteiger partial charge in [0.15, 0.2) is 0 Å². The molecule has 2 N–H and O–H groups in total. The van der Waals surface area contributed by atoms with E-state index in [1.807, 2.05) is 36.9 Å². The SMILES string of the molecule is Cc1ccc(C(=O)N2CCC(C(N)=O)CC2)c(C)c1. The molecule has 0 spiro atoms. The number of piperidine rings is 1. The van der Waals surface area contributed by atoms with Gasteiger partial charge in [0.25, 0.3) is 5.91 Å². The van der Waals surface area contributed by atoms with E-state index in [2.05, 4.69) is 0 Å². The second kappa shape index (κ2) is 5.43. The number of nitrogens with zero attached hydrogens (tertiary/aromatic N) is 1. The molecule has 0 aromatic heterocycles. The quantitative estimate of drug-likeness (QED) is 0.878. The molecule has 102 valence electrons. The van der Waals surface area contributed by atoms with Crippen molar-refractivity contribution in [2.75, 3.05) is 13.1 Å². The largest absolute Gasteiger partial charge is 0.369 e. The van der Waals surface area contributed by atoms with E-state index >= 15 is 0 Å². The number of benzene rings is 1. The van der Waals surface area contributed by atoms with Crippen LogP contribution in [0.2, 0.25) is 0 Å². The van der Waals surface area contributed by atoms with Gasteiger partial charge in [0.1, 0.15) is 0 Å². The van der Waals surface area contributed by atoms with Crippen molar-refractivity contribution in [1.82, 2.24) is 4.90 Å². The van der Waals surface area contributed by atoms with Crippen molar-refractivity contribution in [1.29, 1.82) is 0 Å². The highest BCUT2D eigenvalue weighted by atomic mass is 16.2. The first kappa shape index (κ1) is 13.6. The Balaban J connectivity index is 2.07. The standard InChI is InChI=1S/C15H20N2O2/c1-10-3-4-13(11(2)9-10)15(19)17-7-5-12(6-8-17)14(16)18/h3-4,9,12H,5-8H2,1-2H3,(H2,16,18). The average Bonchev–Trinajstić information content (AvgIpc) is 2.38. The van der Waals surface area contributed by atoms with Gasteiger partial charge in [-0.05, 0) is 38.3 Å². The summed E-state index contributed by atoms with van der Waals surface area (Å²) in [4.78, 5) is 25.3. The van der Waals surface area contributed by atoms with Gasteiger partial charge in [-0.3, -0.25) is 9.59 Å². The van der Waals surface area contributed by atoms with Crippen molar-refractivity contribution in [3.05, 3.63) is 34.9 Å². The van der Waals surface area contributed by atoms with Gasteiger partial charge < -0.3 is 10.6 Å². The number of carbonyl (C=O) groups is 2. The number of likely N-dealkylation sites (tertiary alicyclic amines) is 1. The first-order chi connectivity index (χ1) is 8.99. The number of rotatable bonds is 2. The molecule has 0 aliphatic carbocycles. The molecule has 0 atom stereocenters. The summed E-state index contributed by atoms with van der Waals surface area (Å²) in [6.07, 6.45) is 1.35. The van der Waals surface area contributed by atoms with Crippen LogP contribution < -0.4 is 5.73 Å². The molecular weight excluding hydrogens is 240 g/mol. The summed E-state index contributed by atoms with van der Waals surface area (Å²) >= 11 is 0. The summed E-state index contributed by atoms with van der Waals surface area (Å²) in [6, 6.07) is 5.85. The smallest absolute Gasteiger partial charge is 0.254 e. The zero-order chi connectivity index (χ0) is 14.0. The van der Waals surface area contributed by atoms with Gasteiger partial charge in [0.2, 0.25) is 5.91 Å². The van der Waals surface area contributed by atoms with Crippen molar-refractivity contribution in [2.24, 2.45) is 11.7 Å². The molecule has 2 rings (SSSR count).